The van der Waals surface area contributed by atoms with Gasteiger partial charge in [0.15, 0.2) is 0 Å². The largest absolute Gasteiger partial charge is 0.372 e. The van der Waals surface area contributed by atoms with Crippen molar-refractivity contribution < 1.29 is 4.74 Å². The van der Waals surface area contributed by atoms with Crippen LogP contribution in [-0.4, -0.2) is 31.8 Å². The molecule has 1 fully saturated rings. The first-order chi connectivity index (χ1) is 11.8. The molecule has 0 radical (unpaired) electrons. The van der Waals surface area contributed by atoms with Crippen molar-refractivity contribution >= 4 is 5.65 Å². The van der Waals surface area contributed by atoms with Crippen LogP contribution in [0.15, 0.2) is 43.0 Å². The second-order valence-corrected chi connectivity index (χ2v) is 6.22. The van der Waals surface area contributed by atoms with Crippen molar-refractivity contribution in [2.24, 2.45) is 0 Å². The lowest BCUT2D eigenvalue weighted by Crippen LogP contribution is -2.39. The lowest BCUT2D eigenvalue weighted by atomic mass is 9.98. The molecule has 126 valence electrons. The fourth-order valence-corrected chi connectivity index (χ4v) is 3.40. The summed E-state index contributed by atoms with van der Waals surface area (Å²) in [6, 6.07) is 6.51. The van der Waals surface area contributed by atoms with E-state index in [0.717, 1.165) is 43.7 Å². The van der Waals surface area contributed by atoms with Crippen molar-refractivity contribution in [2.75, 3.05) is 6.61 Å². The van der Waals surface area contributed by atoms with Gasteiger partial charge in [-0.2, -0.15) is 5.10 Å². The molecule has 6 nitrogen and oxygen atoms in total. The average Bonchev–Trinajstić information content (AvgIpc) is 3.29. The van der Waals surface area contributed by atoms with Crippen LogP contribution in [0.2, 0.25) is 0 Å². The smallest absolute Gasteiger partial charge is 0.136 e. The zero-order chi connectivity index (χ0) is 16.4. The number of pyridine rings is 1. The van der Waals surface area contributed by atoms with Gasteiger partial charge in [-0.05, 0) is 31.9 Å². The summed E-state index contributed by atoms with van der Waals surface area (Å²) in [5, 5.41) is 8.08. The minimum absolute atomic E-state index is 0.0704. The van der Waals surface area contributed by atoms with E-state index in [9.17, 15) is 0 Å². The fraction of sp³-hybridized carbons (Fsp3) is 0.444. The Balaban J connectivity index is 1.50. The van der Waals surface area contributed by atoms with Gasteiger partial charge in [0.1, 0.15) is 11.8 Å². The van der Waals surface area contributed by atoms with Gasteiger partial charge in [-0.15, -0.1) is 0 Å². The molecular formula is C18H23N5O. The predicted molar refractivity (Wildman–Crippen MR) is 91.6 cm³/mol. The average molecular weight is 325 g/mol. The summed E-state index contributed by atoms with van der Waals surface area (Å²) >= 11 is 0. The number of fused-ring (bicyclic) bond motifs is 1. The molecule has 1 aliphatic rings. The van der Waals surface area contributed by atoms with Gasteiger partial charge in [0.25, 0.3) is 0 Å². The standard InChI is InChI=1S/C18H23N5O/c1-2-22-13-14(11-21-22)18-16(6-4-10-24-18)20-12-15-5-3-7-17-19-8-9-23(15)17/h3,5,7-9,11,13,16,18,20H,2,4,6,10,12H2,1H3/t16-,18+/m0/s1. The zero-order valence-electron chi connectivity index (χ0n) is 13.9. The molecule has 3 aromatic rings. The van der Waals surface area contributed by atoms with E-state index in [-0.39, 0.29) is 6.10 Å². The van der Waals surface area contributed by atoms with Crippen molar-refractivity contribution in [1.29, 1.82) is 0 Å². The Labute approximate surface area is 141 Å². The molecule has 1 N–H and O–H groups in total. The number of nitrogens with zero attached hydrogens (tertiary/aromatic N) is 4. The van der Waals surface area contributed by atoms with Crippen molar-refractivity contribution in [3.05, 3.63) is 54.2 Å². The summed E-state index contributed by atoms with van der Waals surface area (Å²) in [6.07, 6.45) is 10.1. The minimum atomic E-state index is 0.0704. The lowest BCUT2D eigenvalue weighted by molar-refractivity contribution is -0.0113. The van der Waals surface area contributed by atoms with Gasteiger partial charge in [-0.25, -0.2) is 4.98 Å². The van der Waals surface area contributed by atoms with Crippen molar-refractivity contribution in [1.82, 2.24) is 24.5 Å². The van der Waals surface area contributed by atoms with Gasteiger partial charge < -0.3 is 14.5 Å². The van der Waals surface area contributed by atoms with Gasteiger partial charge in [0.2, 0.25) is 0 Å². The maximum absolute atomic E-state index is 6.06. The Hall–Kier alpha value is -2.18. The molecular weight excluding hydrogens is 302 g/mol. The van der Waals surface area contributed by atoms with Crippen molar-refractivity contribution in [3.8, 4) is 0 Å². The Bertz CT molecular complexity index is 808. The SMILES string of the molecule is CCn1cc([C@H]2OCCC[C@@H]2NCc2cccc3nccn23)cn1. The van der Waals surface area contributed by atoms with E-state index in [1.165, 1.54) is 5.69 Å². The second-order valence-electron chi connectivity index (χ2n) is 6.22. The Morgan fingerprint density at radius 3 is 3.21 bits per heavy atom. The molecule has 2 atom stereocenters. The Morgan fingerprint density at radius 2 is 2.33 bits per heavy atom. The molecule has 3 aromatic heterocycles. The van der Waals surface area contributed by atoms with E-state index in [1.54, 1.807) is 0 Å². The molecule has 0 unspecified atom stereocenters. The number of rotatable bonds is 5. The quantitative estimate of drug-likeness (QED) is 0.783. The highest BCUT2D eigenvalue weighted by Gasteiger charge is 2.28. The van der Waals surface area contributed by atoms with Crippen LogP contribution in [0.5, 0.6) is 0 Å². The van der Waals surface area contributed by atoms with E-state index in [4.69, 9.17) is 4.74 Å². The van der Waals surface area contributed by atoms with E-state index in [2.05, 4.69) is 45.1 Å². The van der Waals surface area contributed by atoms with Gasteiger partial charge in [-0.3, -0.25) is 4.68 Å². The predicted octanol–water partition coefficient (Wildman–Crippen LogP) is 2.56. The molecule has 1 saturated heterocycles. The third kappa shape index (κ3) is 2.95. The summed E-state index contributed by atoms with van der Waals surface area (Å²) in [5.74, 6) is 0. The molecule has 4 heterocycles. The van der Waals surface area contributed by atoms with Crippen LogP contribution in [0.1, 0.15) is 37.1 Å². The topological polar surface area (TPSA) is 56.4 Å². The summed E-state index contributed by atoms with van der Waals surface area (Å²) in [6.45, 7) is 4.59. The van der Waals surface area contributed by atoms with Gasteiger partial charge in [-0.1, -0.05) is 6.07 Å². The number of imidazole rings is 1. The number of nitrogens with one attached hydrogen (secondary N) is 1. The molecule has 0 aliphatic carbocycles. The highest BCUT2D eigenvalue weighted by molar-refractivity contribution is 5.39. The molecule has 6 heteroatoms. The summed E-state index contributed by atoms with van der Waals surface area (Å²) in [5.41, 5.74) is 3.35. The number of hydrogen-bond acceptors (Lipinski definition) is 4. The van der Waals surface area contributed by atoms with Crippen LogP contribution in [0.4, 0.5) is 0 Å². The van der Waals surface area contributed by atoms with Crippen molar-refractivity contribution in [2.45, 2.75) is 45.0 Å². The molecule has 0 bridgehead atoms. The zero-order valence-corrected chi connectivity index (χ0v) is 13.9. The maximum Gasteiger partial charge on any atom is 0.136 e. The lowest BCUT2D eigenvalue weighted by Gasteiger charge is -2.32. The molecule has 0 amide bonds. The van der Waals surface area contributed by atoms with Gasteiger partial charge >= 0.3 is 0 Å². The molecule has 0 saturated carbocycles. The molecule has 0 aromatic carbocycles. The molecule has 1 aliphatic heterocycles. The van der Waals surface area contributed by atoms with Crippen LogP contribution in [-0.2, 0) is 17.8 Å². The number of aryl methyl sites for hydroxylation is 1. The van der Waals surface area contributed by atoms with Crippen LogP contribution in [0, 0.1) is 0 Å². The van der Waals surface area contributed by atoms with Crippen LogP contribution < -0.4 is 5.32 Å². The van der Waals surface area contributed by atoms with Crippen molar-refractivity contribution in [3.63, 3.8) is 0 Å². The number of aromatic nitrogens is 4. The monoisotopic (exact) mass is 325 g/mol. The number of ether oxygens (including phenoxy) is 1. The van der Waals surface area contributed by atoms with Gasteiger partial charge in [0.05, 0.1) is 6.20 Å². The number of hydrogen-bond donors (Lipinski definition) is 1. The molecule has 4 rings (SSSR count). The first kappa shape index (κ1) is 15.4. The first-order valence-corrected chi connectivity index (χ1v) is 8.63. The first-order valence-electron chi connectivity index (χ1n) is 8.63. The second kappa shape index (κ2) is 6.75. The van der Waals surface area contributed by atoms with Crippen LogP contribution >= 0.6 is 0 Å². The minimum Gasteiger partial charge on any atom is -0.372 e. The van der Waals surface area contributed by atoms with Crippen LogP contribution in [0.3, 0.4) is 0 Å². The highest BCUT2D eigenvalue weighted by Crippen LogP contribution is 2.28. The normalized spacial score (nSPS) is 21.4. The fourth-order valence-electron chi connectivity index (χ4n) is 3.40. The highest BCUT2D eigenvalue weighted by atomic mass is 16.5. The summed E-state index contributed by atoms with van der Waals surface area (Å²) in [4.78, 5) is 4.35. The van der Waals surface area contributed by atoms with Gasteiger partial charge in [0, 0.05) is 55.6 Å². The maximum atomic E-state index is 6.06. The summed E-state index contributed by atoms with van der Waals surface area (Å²) in [7, 11) is 0. The summed E-state index contributed by atoms with van der Waals surface area (Å²) < 4.78 is 10.1. The van der Waals surface area contributed by atoms with E-state index in [1.807, 2.05) is 29.3 Å². The Kier molecular flexibility index (Phi) is 4.32. The molecule has 24 heavy (non-hydrogen) atoms. The van der Waals surface area contributed by atoms with Crippen LogP contribution in [0.25, 0.3) is 5.65 Å². The third-order valence-electron chi connectivity index (χ3n) is 4.69. The third-order valence-corrected chi connectivity index (χ3v) is 4.69. The Morgan fingerprint density at radius 1 is 1.38 bits per heavy atom. The van der Waals surface area contributed by atoms with E-state index in [0.29, 0.717) is 6.04 Å². The molecule has 0 spiro atoms. The van der Waals surface area contributed by atoms with E-state index < -0.39 is 0 Å². The van der Waals surface area contributed by atoms with E-state index >= 15 is 0 Å².